The number of nitrogens with zero attached hydrogens (tertiary/aromatic N) is 5. The Kier molecular flexibility index (Phi) is 5.55. The van der Waals surface area contributed by atoms with Crippen LogP contribution in [-0.4, -0.2) is 51.2 Å². The predicted molar refractivity (Wildman–Crippen MR) is 127 cm³/mol. The minimum atomic E-state index is -1.49. The van der Waals surface area contributed by atoms with Crippen molar-refractivity contribution < 1.29 is 23.2 Å². The third kappa shape index (κ3) is 3.79. The number of fused-ring (bicyclic) bond motifs is 1. The molecule has 2 aliphatic rings. The maximum absolute atomic E-state index is 15.1. The van der Waals surface area contributed by atoms with Crippen molar-refractivity contribution in [1.82, 2.24) is 14.7 Å². The summed E-state index contributed by atoms with van der Waals surface area (Å²) in [6, 6.07) is 9.92. The second kappa shape index (κ2) is 8.61. The zero-order valence-corrected chi connectivity index (χ0v) is 19.5. The number of halogens is 2. The lowest BCUT2D eigenvalue weighted by Crippen LogP contribution is -2.72. The molecule has 0 radical (unpaired) electrons. The highest BCUT2D eigenvalue weighted by Crippen LogP contribution is 2.38. The summed E-state index contributed by atoms with van der Waals surface area (Å²) in [5, 5.41) is 4.07. The van der Waals surface area contributed by atoms with Crippen molar-refractivity contribution >= 4 is 29.2 Å². The van der Waals surface area contributed by atoms with E-state index >= 15 is 8.78 Å². The Morgan fingerprint density at radius 3 is 2.28 bits per heavy atom. The molecule has 1 atom stereocenters. The molecule has 1 aromatic heterocycles. The molecule has 0 spiro atoms. The van der Waals surface area contributed by atoms with Crippen LogP contribution < -0.4 is 9.80 Å². The molecule has 36 heavy (non-hydrogen) atoms. The summed E-state index contributed by atoms with van der Waals surface area (Å²) in [6.07, 6.45) is 2.74. The van der Waals surface area contributed by atoms with Gasteiger partial charge >= 0.3 is 6.03 Å². The van der Waals surface area contributed by atoms with Crippen LogP contribution in [0.1, 0.15) is 24.5 Å². The molecule has 182 valence electrons. The first-order chi connectivity index (χ1) is 17.2. The Labute approximate surface area is 205 Å². The van der Waals surface area contributed by atoms with E-state index < -0.39 is 47.1 Å². The Bertz CT molecular complexity index is 1440. The first-order valence-corrected chi connectivity index (χ1v) is 11.2. The molecule has 3 heterocycles. The van der Waals surface area contributed by atoms with Gasteiger partial charge in [-0.1, -0.05) is 30.0 Å². The molecule has 10 heteroatoms. The van der Waals surface area contributed by atoms with Gasteiger partial charge in [0, 0.05) is 37.5 Å². The Balaban J connectivity index is 1.44. The van der Waals surface area contributed by atoms with Gasteiger partial charge < -0.3 is 9.80 Å². The van der Waals surface area contributed by atoms with Gasteiger partial charge in [0.05, 0.1) is 18.3 Å². The standard InChI is InChI=1S/C26H21F2N5O3/c1-26-14-22(34)33(25(36)32(26)11-10-31(24(26)35)19-15-29-30(2)16-19)23-20(27)12-18(13-21(23)28)9-8-17-6-4-3-5-7-17/h3-7,12-13,15-16H,10-11,14H2,1-2H3. The molecule has 0 aliphatic carbocycles. The number of carbonyl (C=O) groups is 3. The van der Waals surface area contributed by atoms with Crippen molar-refractivity contribution in [2.24, 2.45) is 7.05 Å². The molecule has 5 rings (SSSR count). The molecular formula is C26H21F2N5O3. The summed E-state index contributed by atoms with van der Waals surface area (Å²) < 4.78 is 31.7. The number of rotatable bonds is 2. The van der Waals surface area contributed by atoms with E-state index in [-0.39, 0.29) is 18.7 Å². The van der Waals surface area contributed by atoms with Gasteiger partial charge in [0.25, 0.3) is 5.91 Å². The number of benzene rings is 2. The van der Waals surface area contributed by atoms with Crippen LogP contribution in [0.25, 0.3) is 0 Å². The van der Waals surface area contributed by atoms with Crippen LogP contribution in [0.3, 0.4) is 0 Å². The summed E-state index contributed by atoms with van der Waals surface area (Å²) >= 11 is 0. The number of hydrogen-bond acceptors (Lipinski definition) is 4. The molecule has 2 aromatic carbocycles. The monoisotopic (exact) mass is 489 g/mol. The number of amides is 4. The number of hydrogen-bond donors (Lipinski definition) is 0. The van der Waals surface area contributed by atoms with Crippen molar-refractivity contribution in [2.75, 3.05) is 22.9 Å². The van der Waals surface area contributed by atoms with Crippen LogP contribution in [0, 0.1) is 23.5 Å². The number of carbonyl (C=O) groups excluding carboxylic acids is 3. The van der Waals surface area contributed by atoms with Crippen LogP contribution in [-0.2, 0) is 16.6 Å². The second-order valence-electron chi connectivity index (χ2n) is 8.85. The van der Waals surface area contributed by atoms with Gasteiger partial charge in [-0.3, -0.25) is 14.3 Å². The largest absolute Gasteiger partial charge is 0.332 e. The van der Waals surface area contributed by atoms with E-state index in [1.165, 1.54) is 27.6 Å². The van der Waals surface area contributed by atoms with Crippen LogP contribution in [0.2, 0.25) is 0 Å². The lowest BCUT2D eigenvalue weighted by Gasteiger charge is -2.51. The summed E-state index contributed by atoms with van der Waals surface area (Å²) in [4.78, 5) is 42.9. The molecule has 0 N–H and O–H groups in total. The third-order valence-corrected chi connectivity index (χ3v) is 6.38. The van der Waals surface area contributed by atoms with Gasteiger partial charge in [0.2, 0.25) is 5.91 Å². The average molecular weight is 489 g/mol. The highest BCUT2D eigenvalue weighted by Gasteiger charge is 2.56. The zero-order valence-electron chi connectivity index (χ0n) is 19.5. The molecule has 3 aromatic rings. The van der Waals surface area contributed by atoms with E-state index in [1.807, 2.05) is 6.07 Å². The van der Waals surface area contributed by atoms with Crippen molar-refractivity contribution in [3.63, 3.8) is 0 Å². The van der Waals surface area contributed by atoms with Crippen molar-refractivity contribution in [3.05, 3.63) is 77.6 Å². The van der Waals surface area contributed by atoms with Gasteiger partial charge in [0.15, 0.2) is 11.6 Å². The molecule has 1 unspecified atom stereocenters. The fourth-order valence-electron chi connectivity index (χ4n) is 4.56. The van der Waals surface area contributed by atoms with E-state index in [0.717, 1.165) is 12.1 Å². The van der Waals surface area contributed by atoms with Gasteiger partial charge in [0.1, 0.15) is 11.2 Å². The van der Waals surface area contributed by atoms with E-state index in [4.69, 9.17) is 0 Å². The second-order valence-corrected chi connectivity index (χ2v) is 8.85. The first kappa shape index (κ1) is 23.2. The molecule has 0 bridgehead atoms. The lowest BCUT2D eigenvalue weighted by molar-refractivity contribution is -0.137. The fraction of sp³-hybridized carbons (Fsp3) is 0.231. The van der Waals surface area contributed by atoms with Gasteiger partial charge in [-0.05, 0) is 31.2 Å². The van der Waals surface area contributed by atoms with Gasteiger partial charge in [-0.2, -0.15) is 5.10 Å². The smallest absolute Gasteiger partial charge is 0.307 e. The van der Waals surface area contributed by atoms with Crippen molar-refractivity contribution in [1.29, 1.82) is 0 Å². The summed E-state index contributed by atoms with van der Waals surface area (Å²) in [5.41, 5.74) is -1.01. The highest BCUT2D eigenvalue weighted by atomic mass is 19.1. The Morgan fingerprint density at radius 1 is 0.972 bits per heavy atom. The van der Waals surface area contributed by atoms with Crippen LogP contribution in [0.4, 0.5) is 25.0 Å². The minimum absolute atomic E-state index is 0.0552. The number of piperazine rings is 1. The van der Waals surface area contributed by atoms with Crippen molar-refractivity contribution in [3.8, 4) is 11.8 Å². The van der Waals surface area contributed by atoms with E-state index in [1.54, 1.807) is 37.5 Å². The van der Waals surface area contributed by atoms with Gasteiger partial charge in [-0.25, -0.2) is 18.5 Å². The summed E-state index contributed by atoms with van der Waals surface area (Å²) in [6.45, 7) is 1.70. The number of anilines is 2. The minimum Gasteiger partial charge on any atom is -0.307 e. The van der Waals surface area contributed by atoms with Crippen molar-refractivity contribution in [2.45, 2.75) is 18.9 Å². The van der Waals surface area contributed by atoms with Crippen LogP contribution in [0.5, 0.6) is 0 Å². The molecular weight excluding hydrogens is 468 g/mol. The maximum Gasteiger partial charge on any atom is 0.332 e. The topological polar surface area (TPSA) is 78.8 Å². The van der Waals surface area contributed by atoms with Gasteiger partial charge in [-0.15, -0.1) is 0 Å². The van der Waals surface area contributed by atoms with Crippen LogP contribution >= 0.6 is 0 Å². The normalized spacial score (nSPS) is 19.8. The van der Waals surface area contributed by atoms with E-state index in [9.17, 15) is 14.4 Å². The number of aryl methyl sites for hydroxylation is 1. The average Bonchev–Trinajstić information content (AvgIpc) is 3.27. The summed E-state index contributed by atoms with van der Waals surface area (Å²) in [7, 11) is 1.71. The quantitative estimate of drug-likeness (QED) is 0.519. The predicted octanol–water partition coefficient (Wildman–Crippen LogP) is 3.06. The summed E-state index contributed by atoms with van der Waals surface area (Å²) in [5.74, 6) is 1.96. The number of urea groups is 1. The fourth-order valence-corrected chi connectivity index (χ4v) is 4.56. The molecule has 8 nitrogen and oxygen atoms in total. The first-order valence-electron chi connectivity index (χ1n) is 11.2. The Morgan fingerprint density at radius 2 is 1.64 bits per heavy atom. The maximum atomic E-state index is 15.1. The molecule has 2 aliphatic heterocycles. The third-order valence-electron chi connectivity index (χ3n) is 6.38. The highest BCUT2D eigenvalue weighted by molar-refractivity contribution is 6.20. The molecule has 2 saturated heterocycles. The number of aromatic nitrogens is 2. The Hall–Kier alpha value is -4.52. The zero-order chi connectivity index (χ0) is 25.6. The van der Waals surface area contributed by atoms with Crippen LogP contribution in [0.15, 0.2) is 54.9 Å². The number of imide groups is 1. The molecule has 2 fully saturated rings. The molecule has 0 saturated carbocycles. The van der Waals surface area contributed by atoms with E-state index in [0.29, 0.717) is 16.2 Å². The molecule has 4 amide bonds. The van der Waals surface area contributed by atoms with E-state index in [2.05, 4.69) is 16.9 Å². The lowest BCUT2D eigenvalue weighted by atomic mass is 9.88. The SMILES string of the molecule is Cn1cc(N2CCN3C(=O)N(c4c(F)cc(C#Cc5ccccc5)cc4F)C(=O)CC3(C)C2=O)cn1.